The summed E-state index contributed by atoms with van der Waals surface area (Å²) in [4.78, 5) is 0. The van der Waals surface area contributed by atoms with E-state index in [9.17, 15) is 0 Å². The highest BCUT2D eigenvalue weighted by Crippen LogP contribution is 2.26. The van der Waals surface area contributed by atoms with Crippen LogP contribution in [-0.2, 0) is 4.74 Å². The number of benzene rings is 1. The Balaban J connectivity index is 1.91. The minimum Gasteiger partial charge on any atom is -0.382 e. The molecule has 1 aromatic rings. The Morgan fingerprint density at radius 1 is 1.29 bits per heavy atom. The first-order valence-electron chi connectivity index (χ1n) is 5.93. The second kappa shape index (κ2) is 6.38. The fourth-order valence-corrected chi connectivity index (χ4v) is 3.03. The molecule has 17 heavy (non-hydrogen) atoms. The summed E-state index contributed by atoms with van der Waals surface area (Å²) in [5.41, 5.74) is 1.22. The van der Waals surface area contributed by atoms with Gasteiger partial charge in [-0.05, 0) is 82.4 Å². The lowest BCUT2D eigenvalue weighted by molar-refractivity contribution is 0.0682. The normalized spacial score (nSPS) is 24.6. The summed E-state index contributed by atoms with van der Waals surface area (Å²) in [6.45, 7) is 0. The smallest absolute Gasteiger partial charge is 0.0572 e. The Morgan fingerprint density at radius 3 is 2.59 bits per heavy atom. The second-order valence-electron chi connectivity index (χ2n) is 4.48. The molecule has 2 rings (SSSR count). The van der Waals surface area contributed by atoms with E-state index >= 15 is 0 Å². The number of ether oxygens (including phenoxy) is 1. The van der Waals surface area contributed by atoms with Crippen molar-refractivity contribution >= 4 is 44.2 Å². The molecule has 0 aliphatic heterocycles. The van der Waals surface area contributed by atoms with Gasteiger partial charge in [0.2, 0.25) is 0 Å². The molecule has 0 heterocycles. The molecule has 0 aromatic heterocycles. The van der Waals surface area contributed by atoms with Crippen molar-refractivity contribution in [3.05, 3.63) is 26.2 Å². The third-order valence-corrected chi connectivity index (χ3v) is 5.62. The number of hydrogen-bond acceptors (Lipinski definition) is 2. The molecular weight excluding hydrogens is 393 g/mol. The van der Waals surface area contributed by atoms with E-state index in [-0.39, 0.29) is 0 Å². The standard InChI is InChI=1S/C13H17BrINO/c1-17-11-5-2-9(3-6-11)16-10-4-7-12(14)13(15)8-10/h4,7-9,11,16H,2-3,5-6H2,1H3. The van der Waals surface area contributed by atoms with Crippen LogP contribution in [0.5, 0.6) is 0 Å². The average molecular weight is 410 g/mol. The van der Waals surface area contributed by atoms with E-state index in [0.717, 1.165) is 4.47 Å². The fraction of sp³-hybridized carbons (Fsp3) is 0.538. The van der Waals surface area contributed by atoms with E-state index in [1.807, 2.05) is 7.11 Å². The SMILES string of the molecule is COC1CCC(Nc2ccc(Br)c(I)c2)CC1. The number of nitrogens with one attached hydrogen (secondary N) is 1. The largest absolute Gasteiger partial charge is 0.382 e. The minimum absolute atomic E-state index is 0.470. The van der Waals surface area contributed by atoms with E-state index in [1.165, 1.54) is 34.9 Å². The van der Waals surface area contributed by atoms with Gasteiger partial charge in [-0.2, -0.15) is 0 Å². The topological polar surface area (TPSA) is 21.3 Å². The van der Waals surface area contributed by atoms with Gasteiger partial charge in [-0.15, -0.1) is 0 Å². The molecular formula is C13H17BrINO. The highest BCUT2D eigenvalue weighted by molar-refractivity contribution is 14.1. The van der Waals surface area contributed by atoms with E-state index in [1.54, 1.807) is 0 Å². The summed E-state index contributed by atoms with van der Waals surface area (Å²) in [6.07, 6.45) is 5.21. The lowest BCUT2D eigenvalue weighted by atomic mass is 9.93. The number of methoxy groups -OCH3 is 1. The van der Waals surface area contributed by atoms with Crippen LogP contribution in [0.1, 0.15) is 25.7 Å². The Labute approximate surface area is 125 Å². The molecule has 0 saturated heterocycles. The van der Waals surface area contributed by atoms with Crippen molar-refractivity contribution in [2.75, 3.05) is 12.4 Å². The third kappa shape index (κ3) is 3.83. The molecule has 1 aliphatic rings. The maximum absolute atomic E-state index is 5.39. The second-order valence-corrected chi connectivity index (χ2v) is 6.50. The summed E-state index contributed by atoms with van der Waals surface area (Å²) in [5.74, 6) is 0. The Kier molecular flexibility index (Phi) is 5.11. The zero-order chi connectivity index (χ0) is 12.3. The lowest BCUT2D eigenvalue weighted by Crippen LogP contribution is -2.29. The zero-order valence-electron chi connectivity index (χ0n) is 9.88. The van der Waals surface area contributed by atoms with Crippen LogP contribution in [0.15, 0.2) is 22.7 Å². The molecule has 0 spiro atoms. The molecule has 0 radical (unpaired) electrons. The molecule has 0 atom stereocenters. The third-order valence-electron chi connectivity index (χ3n) is 3.30. The van der Waals surface area contributed by atoms with Gasteiger partial charge >= 0.3 is 0 Å². The van der Waals surface area contributed by atoms with Crippen molar-refractivity contribution in [1.29, 1.82) is 0 Å². The predicted molar refractivity (Wildman–Crippen MR) is 83.5 cm³/mol. The first-order chi connectivity index (χ1) is 8.19. The van der Waals surface area contributed by atoms with Crippen molar-refractivity contribution < 1.29 is 4.74 Å². The molecule has 0 bridgehead atoms. The van der Waals surface area contributed by atoms with Crippen LogP contribution in [0.3, 0.4) is 0 Å². The van der Waals surface area contributed by atoms with Crippen molar-refractivity contribution in [2.45, 2.75) is 37.8 Å². The number of rotatable bonds is 3. The molecule has 4 heteroatoms. The Bertz CT molecular complexity index is 378. The van der Waals surface area contributed by atoms with Crippen LogP contribution >= 0.6 is 38.5 Å². The van der Waals surface area contributed by atoms with Crippen LogP contribution in [0.25, 0.3) is 0 Å². The quantitative estimate of drug-likeness (QED) is 0.746. The molecule has 1 aliphatic carbocycles. The van der Waals surface area contributed by atoms with Gasteiger partial charge < -0.3 is 10.1 Å². The number of halogens is 2. The van der Waals surface area contributed by atoms with Gasteiger partial charge in [0, 0.05) is 26.9 Å². The van der Waals surface area contributed by atoms with E-state index in [2.05, 4.69) is 62.0 Å². The Hall–Kier alpha value is 0.190. The van der Waals surface area contributed by atoms with E-state index in [4.69, 9.17) is 4.74 Å². The number of anilines is 1. The summed E-state index contributed by atoms with van der Waals surface area (Å²) < 4.78 is 7.80. The monoisotopic (exact) mass is 409 g/mol. The van der Waals surface area contributed by atoms with E-state index < -0.39 is 0 Å². The van der Waals surface area contributed by atoms with Crippen LogP contribution < -0.4 is 5.32 Å². The molecule has 94 valence electrons. The summed E-state index contributed by atoms with van der Waals surface area (Å²) in [6, 6.07) is 7.02. The van der Waals surface area contributed by atoms with Crippen molar-refractivity contribution in [1.82, 2.24) is 0 Å². The summed E-state index contributed by atoms with van der Waals surface area (Å²) in [7, 11) is 1.81. The van der Waals surface area contributed by atoms with Gasteiger partial charge in [0.05, 0.1) is 6.10 Å². The molecule has 0 unspecified atom stereocenters. The number of hydrogen-bond donors (Lipinski definition) is 1. The molecule has 1 aromatic carbocycles. The maximum Gasteiger partial charge on any atom is 0.0572 e. The fourth-order valence-electron chi connectivity index (χ4n) is 2.26. The molecule has 0 amide bonds. The first kappa shape index (κ1) is 13.6. The maximum atomic E-state index is 5.39. The zero-order valence-corrected chi connectivity index (χ0v) is 13.6. The molecule has 2 nitrogen and oxygen atoms in total. The minimum atomic E-state index is 0.470. The van der Waals surface area contributed by atoms with Crippen LogP contribution in [0, 0.1) is 3.57 Å². The van der Waals surface area contributed by atoms with Gasteiger partial charge in [-0.3, -0.25) is 0 Å². The highest BCUT2D eigenvalue weighted by atomic mass is 127. The van der Waals surface area contributed by atoms with Gasteiger partial charge in [0.15, 0.2) is 0 Å². The van der Waals surface area contributed by atoms with Crippen LogP contribution in [-0.4, -0.2) is 19.3 Å². The Morgan fingerprint density at radius 2 is 2.00 bits per heavy atom. The van der Waals surface area contributed by atoms with Gasteiger partial charge in [0.25, 0.3) is 0 Å². The first-order valence-corrected chi connectivity index (χ1v) is 7.80. The summed E-state index contributed by atoms with van der Waals surface area (Å²) >= 11 is 5.87. The van der Waals surface area contributed by atoms with Crippen LogP contribution in [0.2, 0.25) is 0 Å². The average Bonchev–Trinajstić information content (AvgIpc) is 2.35. The van der Waals surface area contributed by atoms with E-state index in [0.29, 0.717) is 12.1 Å². The predicted octanol–water partition coefficient (Wildman–Crippen LogP) is 4.42. The van der Waals surface area contributed by atoms with Gasteiger partial charge in [-0.1, -0.05) is 0 Å². The lowest BCUT2D eigenvalue weighted by Gasteiger charge is -2.29. The molecule has 1 N–H and O–H groups in total. The van der Waals surface area contributed by atoms with Crippen molar-refractivity contribution in [3.63, 3.8) is 0 Å². The molecule has 1 saturated carbocycles. The van der Waals surface area contributed by atoms with Gasteiger partial charge in [0.1, 0.15) is 0 Å². The van der Waals surface area contributed by atoms with Crippen molar-refractivity contribution in [3.8, 4) is 0 Å². The highest BCUT2D eigenvalue weighted by Gasteiger charge is 2.20. The molecule has 1 fully saturated rings. The van der Waals surface area contributed by atoms with Crippen LogP contribution in [0.4, 0.5) is 5.69 Å². The van der Waals surface area contributed by atoms with Gasteiger partial charge in [-0.25, -0.2) is 0 Å². The van der Waals surface area contributed by atoms with Crippen molar-refractivity contribution in [2.24, 2.45) is 0 Å². The summed E-state index contributed by atoms with van der Waals surface area (Å²) in [5, 5.41) is 3.61.